The molecule has 0 atom stereocenters. The van der Waals surface area contributed by atoms with Crippen LogP contribution < -0.4 is 15.2 Å². The van der Waals surface area contributed by atoms with Crippen molar-refractivity contribution >= 4 is 22.7 Å². The number of furan rings is 1. The minimum Gasteiger partial charge on any atom is -0.454 e. The van der Waals surface area contributed by atoms with E-state index in [9.17, 15) is 4.79 Å². The van der Waals surface area contributed by atoms with Crippen molar-refractivity contribution in [3.63, 3.8) is 0 Å². The van der Waals surface area contributed by atoms with Crippen LogP contribution in [0.2, 0.25) is 0 Å². The third kappa shape index (κ3) is 3.36. The average Bonchev–Trinajstić information content (AvgIpc) is 3.58. The second-order valence-corrected chi connectivity index (χ2v) is 8.42. The van der Waals surface area contributed by atoms with E-state index in [2.05, 4.69) is 10.1 Å². The maximum Gasteiger partial charge on any atom is 0.231 e. The summed E-state index contributed by atoms with van der Waals surface area (Å²) in [4.78, 5) is 17.9. The molecule has 2 N–H and O–H groups in total. The van der Waals surface area contributed by atoms with E-state index in [1.807, 2.05) is 46.2 Å². The highest BCUT2D eigenvalue weighted by Crippen LogP contribution is 2.40. The monoisotopic (exact) mass is 445 g/mol. The van der Waals surface area contributed by atoms with E-state index in [1.165, 1.54) is 0 Å². The molecule has 1 amide bonds. The Morgan fingerprint density at radius 1 is 1.09 bits per heavy atom. The van der Waals surface area contributed by atoms with Gasteiger partial charge in [0.15, 0.2) is 22.9 Å². The molecule has 2 aliphatic rings. The molecule has 3 aromatic heterocycles. The number of carbonyl (C=O) groups excluding carboxylic acids is 1. The number of aromatic nitrogens is 3. The number of pyridine rings is 1. The summed E-state index contributed by atoms with van der Waals surface area (Å²) in [6.45, 7) is 3.35. The molecule has 1 saturated heterocycles. The zero-order valence-electron chi connectivity index (χ0n) is 18.2. The fourth-order valence-electron chi connectivity index (χ4n) is 4.59. The van der Waals surface area contributed by atoms with Gasteiger partial charge in [0.1, 0.15) is 5.76 Å². The molecule has 0 aliphatic carbocycles. The summed E-state index contributed by atoms with van der Waals surface area (Å²) in [7, 11) is 0. The van der Waals surface area contributed by atoms with E-state index in [-0.39, 0.29) is 18.7 Å². The summed E-state index contributed by atoms with van der Waals surface area (Å²) in [6.07, 6.45) is 7.41. The lowest BCUT2D eigenvalue weighted by atomic mass is 10.0. The van der Waals surface area contributed by atoms with Crippen LogP contribution in [0.4, 0.5) is 5.82 Å². The Kier molecular flexibility index (Phi) is 4.49. The first-order chi connectivity index (χ1) is 16.1. The number of hydrogen-bond donors (Lipinski definition) is 1. The van der Waals surface area contributed by atoms with Crippen molar-refractivity contribution in [2.24, 2.45) is 0 Å². The van der Waals surface area contributed by atoms with E-state index in [0.717, 1.165) is 53.8 Å². The maximum absolute atomic E-state index is 11.6. The highest BCUT2D eigenvalue weighted by molar-refractivity contribution is 6.00. The van der Waals surface area contributed by atoms with Gasteiger partial charge in [0, 0.05) is 54.5 Å². The van der Waals surface area contributed by atoms with Gasteiger partial charge in [-0.3, -0.25) is 9.48 Å². The molecule has 9 nitrogen and oxygen atoms in total. The van der Waals surface area contributed by atoms with Crippen LogP contribution in [0, 0.1) is 0 Å². The van der Waals surface area contributed by atoms with Gasteiger partial charge >= 0.3 is 0 Å². The van der Waals surface area contributed by atoms with Crippen LogP contribution in [0.5, 0.6) is 11.5 Å². The summed E-state index contributed by atoms with van der Waals surface area (Å²) in [5.41, 5.74) is 9.40. The molecule has 4 aromatic rings. The summed E-state index contributed by atoms with van der Waals surface area (Å²) in [6, 6.07) is 7.94. The van der Waals surface area contributed by atoms with Crippen LogP contribution >= 0.6 is 0 Å². The Bertz CT molecular complexity index is 1370. The number of piperidine rings is 1. The van der Waals surface area contributed by atoms with Crippen molar-refractivity contribution in [3.05, 3.63) is 42.9 Å². The van der Waals surface area contributed by atoms with Crippen molar-refractivity contribution < 1.29 is 18.7 Å². The van der Waals surface area contributed by atoms with Gasteiger partial charge in [0.05, 0.1) is 12.2 Å². The molecule has 1 aromatic carbocycles. The second-order valence-electron chi connectivity index (χ2n) is 8.42. The van der Waals surface area contributed by atoms with Crippen molar-refractivity contribution in [2.45, 2.75) is 25.8 Å². The molecule has 0 spiro atoms. The lowest BCUT2D eigenvalue weighted by Crippen LogP contribution is -2.37. The molecule has 0 unspecified atom stereocenters. The van der Waals surface area contributed by atoms with Gasteiger partial charge in [0.25, 0.3) is 0 Å². The molecule has 9 heteroatoms. The zero-order chi connectivity index (χ0) is 22.5. The third-order valence-corrected chi connectivity index (χ3v) is 6.44. The molecule has 0 saturated carbocycles. The Morgan fingerprint density at radius 2 is 1.91 bits per heavy atom. The van der Waals surface area contributed by atoms with Crippen LogP contribution in [0.25, 0.3) is 33.4 Å². The number of nitrogen functional groups attached to an aromatic ring is 1. The maximum atomic E-state index is 11.6. The molecule has 33 heavy (non-hydrogen) atoms. The van der Waals surface area contributed by atoms with Gasteiger partial charge in [-0.2, -0.15) is 5.10 Å². The smallest absolute Gasteiger partial charge is 0.231 e. The van der Waals surface area contributed by atoms with Crippen LogP contribution in [0.3, 0.4) is 0 Å². The molecule has 0 bridgehead atoms. The van der Waals surface area contributed by atoms with Gasteiger partial charge in [-0.1, -0.05) is 0 Å². The zero-order valence-corrected chi connectivity index (χ0v) is 18.2. The number of likely N-dealkylation sites (tertiary alicyclic amines) is 1. The molecule has 168 valence electrons. The first-order valence-electron chi connectivity index (χ1n) is 10.9. The molecule has 2 aliphatic heterocycles. The number of anilines is 1. The van der Waals surface area contributed by atoms with E-state index in [4.69, 9.17) is 19.6 Å². The molecular weight excluding hydrogens is 422 g/mol. The predicted octanol–water partition coefficient (Wildman–Crippen LogP) is 3.85. The molecule has 5 heterocycles. The van der Waals surface area contributed by atoms with E-state index < -0.39 is 0 Å². The van der Waals surface area contributed by atoms with Crippen LogP contribution in [-0.2, 0) is 4.79 Å². The predicted molar refractivity (Wildman–Crippen MR) is 122 cm³/mol. The number of fused-ring (bicyclic) bond motifs is 2. The number of ether oxygens (including phenoxy) is 2. The largest absolute Gasteiger partial charge is 0.454 e. The van der Waals surface area contributed by atoms with E-state index >= 15 is 0 Å². The number of hydrogen-bond acceptors (Lipinski definition) is 7. The van der Waals surface area contributed by atoms with Crippen LogP contribution in [0.15, 0.2) is 47.3 Å². The van der Waals surface area contributed by atoms with Gasteiger partial charge in [-0.15, -0.1) is 0 Å². The molecule has 0 radical (unpaired) electrons. The fraction of sp³-hybridized carbons (Fsp3) is 0.292. The van der Waals surface area contributed by atoms with Crippen LogP contribution in [0.1, 0.15) is 25.8 Å². The van der Waals surface area contributed by atoms with E-state index in [1.54, 1.807) is 13.1 Å². The lowest BCUT2D eigenvalue weighted by Gasteiger charge is -2.31. The van der Waals surface area contributed by atoms with Crippen molar-refractivity contribution in [1.82, 2.24) is 19.7 Å². The minimum atomic E-state index is 0.128. The van der Waals surface area contributed by atoms with Gasteiger partial charge in [0.2, 0.25) is 12.7 Å². The highest BCUT2D eigenvalue weighted by Gasteiger charge is 2.23. The van der Waals surface area contributed by atoms with Gasteiger partial charge < -0.3 is 24.5 Å². The number of amides is 1. The number of rotatable bonds is 3. The third-order valence-electron chi connectivity index (χ3n) is 6.44. The Morgan fingerprint density at radius 3 is 2.73 bits per heavy atom. The standard InChI is InChI=1S/C24H23N5O4/c1-14(30)28-6-4-17(5-7-28)29-12-16(10-27-29)19-11-26-24(25)23-18(19)9-21(33-23)15-2-3-20-22(8-15)32-13-31-20/h2-3,8-12,17H,4-7,13H2,1H3,(H2,25,26). The first-order valence-corrected chi connectivity index (χ1v) is 10.9. The normalized spacial score (nSPS) is 16.0. The van der Waals surface area contributed by atoms with Gasteiger partial charge in [-0.05, 0) is 37.1 Å². The Balaban J connectivity index is 1.33. The summed E-state index contributed by atoms with van der Waals surface area (Å²) in [5, 5.41) is 5.49. The average molecular weight is 445 g/mol. The Labute approximate surface area is 189 Å². The SMILES string of the molecule is CC(=O)N1CCC(n2cc(-c3cnc(N)c4oc(-c5ccc6c(c5)OCO6)cc34)cn2)CC1. The molecule has 6 rings (SSSR count). The van der Waals surface area contributed by atoms with E-state index in [0.29, 0.717) is 22.9 Å². The topological polar surface area (TPSA) is 109 Å². The van der Waals surface area contributed by atoms with Crippen molar-refractivity contribution in [2.75, 3.05) is 25.6 Å². The number of benzene rings is 1. The van der Waals surface area contributed by atoms with Crippen molar-refractivity contribution in [3.8, 4) is 33.9 Å². The Hall–Kier alpha value is -4.01. The lowest BCUT2D eigenvalue weighted by molar-refractivity contribution is -0.130. The second kappa shape index (κ2) is 7.54. The minimum absolute atomic E-state index is 0.128. The fourth-order valence-corrected chi connectivity index (χ4v) is 4.59. The van der Waals surface area contributed by atoms with Crippen molar-refractivity contribution in [1.29, 1.82) is 0 Å². The number of nitrogens with two attached hydrogens (primary N) is 1. The highest BCUT2D eigenvalue weighted by atomic mass is 16.7. The quantitative estimate of drug-likeness (QED) is 0.510. The first kappa shape index (κ1) is 19.7. The molecular formula is C24H23N5O4. The number of nitrogens with zero attached hydrogens (tertiary/aromatic N) is 4. The summed E-state index contributed by atoms with van der Waals surface area (Å²) < 4.78 is 19.0. The van der Waals surface area contributed by atoms with Gasteiger partial charge in [-0.25, -0.2) is 4.98 Å². The number of carbonyl (C=O) groups is 1. The molecule has 1 fully saturated rings. The summed E-state index contributed by atoms with van der Waals surface area (Å²) >= 11 is 0. The van der Waals surface area contributed by atoms with Crippen LogP contribution in [-0.4, -0.2) is 45.5 Å². The summed E-state index contributed by atoms with van der Waals surface area (Å²) in [5.74, 6) is 2.55.